The Balaban J connectivity index is 1.64. The topological polar surface area (TPSA) is 85.1 Å². The molecule has 0 amide bonds. The molecule has 1 aromatic heterocycles. The molecule has 3 N–H and O–H groups in total. The smallest absolute Gasteiger partial charge is 0.251 e. The summed E-state index contributed by atoms with van der Waals surface area (Å²) in [6.45, 7) is 0. The lowest BCUT2D eigenvalue weighted by Crippen LogP contribution is -2.50. The van der Waals surface area contributed by atoms with Crippen molar-refractivity contribution in [2.75, 3.05) is 0 Å². The lowest BCUT2D eigenvalue weighted by Gasteiger charge is -2.35. The number of halogens is 2. The summed E-state index contributed by atoms with van der Waals surface area (Å²) in [5, 5.41) is 1.38. The maximum atomic E-state index is 13.2. The monoisotopic (exact) mass is 393 g/mol. The van der Waals surface area contributed by atoms with Gasteiger partial charge in [0, 0.05) is 53.5 Å². The van der Waals surface area contributed by atoms with E-state index in [1.54, 1.807) is 6.20 Å². The first-order valence-electron chi connectivity index (χ1n) is 9.32. The van der Waals surface area contributed by atoms with Gasteiger partial charge in [-0.1, -0.05) is 0 Å². The highest BCUT2D eigenvalue weighted by Crippen LogP contribution is 2.43. The molecule has 0 aliphatic heterocycles. The second kappa shape index (κ2) is 5.68. The van der Waals surface area contributed by atoms with Crippen molar-refractivity contribution in [3.05, 3.63) is 35.2 Å². The Bertz CT molecular complexity index is 1040. The van der Waals surface area contributed by atoms with Crippen LogP contribution in [0.5, 0.6) is 0 Å². The molecule has 3 aliphatic carbocycles. The summed E-state index contributed by atoms with van der Waals surface area (Å²) in [5.41, 5.74) is 8.63. The molecule has 1 heterocycles. The van der Waals surface area contributed by atoms with Crippen LogP contribution in [-0.4, -0.2) is 31.4 Å². The van der Waals surface area contributed by atoms with Gasteiger partial charge in [0.2, 0.25) is 10.0 Å². The van der Waals surface area contributed by atoms with Gasteiger partial charge in [-0.3, -0.25) is 4.98 Å². The Morgan fingerprint density at radius 2 is 1.93 bits per heavy atom. The standard InChI is InChI=1S/C19H21F2N3O2S/c20-19(21)7-14(8-19)24-27(25,26)18-15-5-13(22)4-11(15)3-12-9-23-17(6-16(12)18)10-1-2-10/h3,6,9-10,13-14,24H,1-2,4-5,7-8,22H2/t13-/m1/s1. The molecular weight excluding hydrogens is 372 g/mol. The molecule has 0 saturated heterocycles. The van der Waals surface area contributed by atoms with E-state index in [-0.39, 0.29) is 10.9 Å². The number of hydrogen-bond acceptors (Lipinski definition) is 4. The van der Waals surface area contributed by atoms with Crippen molar-refractivity contribution in [2.45, 2.75) is 67.3 Å². The number of aromatic nitrogens is 1. The number of fused-ring (bicyclic) bond motifs is 2. The first-order chi connectivity index (χ1) is 12.7. The molecule has 3 aliphatic rings. The van der Waals surface area contributed by atoms with E-state index in [2.05, 4.69) is 9.71 Å². The molecule has 144 valence electrons. The molecule has 2 aromatic rings. The average Bonchev–Trinajstić information content (AvgIpc) is 3.31. The molecule has 2 saturated carbocycles. The van der Waals surface area contributed by atoms with Crippen LogP contribution in [0.25, 0.3) is 10.8 Å². The quantitative estimate of drug-likeness (QED) is 0.836. The van der Waals surface area contributed by atoms with E-state index in [1.807, 2.05) is 12.1 Å². The Hall–Kier alpha value is -1.64. The third-order valence-corrected chi connectivity index (χ3v) is 7.46. The van der Waals surface area contributed by atoms with Crippen molar-refractivity contribution < 1.29 is 17.2 Å². The molecule has 2 fully saturated rings. The van der Waals surface area contributed by atoms with Crippen LogP contribution >= 0.6 is 0 Å². The van der Waals surface area contributed by atoms with Crippen molar-refractivity contribution in [1.82, 2.24) is 9.71 Å². The number of nitrogens with two attached hydrogens (primary N) is 1. The molecular formula is C19H21F2N3O2S. The zero-order valence-corrected chi connectivity index (χ0v) is 15.5. The van der Waals surface area contributed by atoms with Crippen molar-refractivity contribution in [3.63, 3.8) is 0 Å². The van der Waals surface area contributed by atoms with Crippen LogP contribution in [-0.2, 0) is 22.9 Å². The van der Waals surface area contributed by atoms with E-state index in [1.165, 1.54) is 0 Å². The highest BCUT2D eigenvalue weighted by Gasteiger charge is 2.47. The van der Waals surface area contributed by atoms with Crippen LogP contribution in [0, 0.1) is 0 Å². The Kier molecular flexibility index (Phi) is 3.68. The maximum absolute atomic E-state index is 13.2. The molecule has 8 heteroatoms. The Morgan fingerprint density at radius 1 is 1.19 bits per heavy atom. The zero-order chi connectivity index (χ0) is 19.0. The largest absolute Gasteiger partial charge is 0.327 e. The fourth-order valence-corrected chi connectivity index (χ4v) is 6.06. The van der Waals surface area contributed by atoms with E-state index < -0.39 is 34.8 Å². The lowest BCUT2D eigenvalue weighted by atomic mass is 9.89. The van der Waals surface area contributed by atoms with E-state index in [0.717, 1.165) is 35.0 Å². The highest BCUT2D eigenvalue weighted by molar-refractivity contribution is 7.89. The van der Waals surface area contributed by atoms with Crippen LogP contribution in [0.2, 0.25) is 0 Å². The van der Waals surface area contributed by atoms with Gasteiger partial charge in [-0.15, -0.1) is 0 Å². The number of pyridine rings is 1. The number of nitrogens with zero attached hydrogens (tertiary/aromatic N) is 1. The number of hydrogen-bond donors (Lipinski definition) is 2. The summed E-state index contributed by atoms with van der Waals surface area (Å²) < 4.78 is 55.3. The van der Waals surface area contributed by atoms with Crippen molar-refractivity contribution >= 4 is 20.8 Å². The van der Waals surface area contributed by atoms with Crippen LogP contribution in [0.4, 0.5) is 8.78 Å². The molecule has 1 atom stereocenters. The number of nitrogens with one attached hydrogen (secondary N) is 1. The van der Waals surface area contributed by atoms with Gasteiger partial charge in [-0.05, 0) is 48.9 Å². The van der Waals surface area contributed by atoms with Gasteiger partial charge in [0.05, 0.1) is 4.90 Å². The summed E-state index contributed by atoms with van der Waals surface area (Å²) in [6.07, 6.45) is 4.03. The minimum absolute atomic E-state index is 0.130. The fourth-order valence-electron chi connectivity index (χ4n) is 4.33. The molecule has 1 aromatic carbocycles. The third kappa shape index (κ3) is 3.03. The zero-order valence-electron chi connectivity index (χ0n) is 14.7. The lowest BCUT2D eigenvalue weighted by molar-refractivity contribution is -0.0876. The fraction of sp³-hybridized carbons (Fsp3) is 0.526. The Labute approximate surface area is 156 Å². The van der Waals surface area contributed by atoms with Gasteiger partial charge in [0.15, 0.2) is 0 Å². The first kappa shape index (κ1) is 17.5. The van der Waals surface area contributed by atoms with Gasteiger partial charge in [-0.25, -0.2) is 21.9 Å². The van der Waals surface area contributed by atoms with Crippen molar-refractivity contribution in [3.8, 4) is 0 Å². The predicted molar refractivity (Wildman–Crippen MR) is 97.4 cm³/mol. The second-order valence-electron chi connectivity index (χ2n) is 8.20. The van der Waals surface area contributed by atoms with Crippen LogP contribution < -0.4 is 10.5 Å². The average molecular weight is 393 g/mol. The van der Waals surface area contributed by atoms with E-state index >= 15 is 0 Å². The van der Waals surface area contributed by atoms with Crippen LogP contribution in [0.15, 0.2) is 23.2 Å². The maximum Gasteiger partial charge on any atom is 0.251 e. The molecule has 0 unspecified atom stereocenters. The third-order valence-electron chi connectivity index (χ3n) is 5.82. The van der Waals surface area contributed by atoms with Gasteiger partial charge in [0.25, 0.3) is 5.92 Å². The summed E-state index contributed by atoms with van der Waals surface area (Å²) in [4.78, 5) is 4.71. The first-order valence-corrected chi connectivity index (χ1v) is 10.8. The summed E-state index contributed by atoms with van der Waals surface area (Å²) >= 11 is 0. The molecule has 5 nitrogen and oxygen atoms in total. The summed E-state index contributed by atoms with van der Waals surface area (Å²) in [6, 6.07) is 2.98. The number of sulfonamides is 1. The van der Waals surface area contributed by atoms with Gasteiger partial charge in [0.1, 0.15) is 0 Å². The van der Waals surface area contributed by atoms with E-state index in [4.69, 9.17) is 5.73 Å². The minimum atomic E-state index is -3.93. The normalized spacial score (nSPS) is 24.8. The SMILES string of the molecule is N[C@@H]1Cc2cc3cnc(C4CC4)cc3c(S(=O)(=O)NC3CC(F)(F)C3)c2C1. The highest BCUT2D eigenvalue weighted by atomic mass is 32.2. The van der Waals surface area contributed by atoms with E-state index in [0.29, 0.717) is 24.1 Å². The predicted octanol–water partition coefficient (Wildman–Crippen LogP) is 2.61. The number of rotatable bonds is 4. The molecule has 5 rings (SSSR count). The van der Waals surface area contributed by atoms with Gasteiger partial charge >= 0.3 is 0 Å². The number of benzene rings is 1. The minimum Gasteiger partial charge on any atom is -0.327 e. The molecule has 0 spiro atoms. The van der Waals surface area contributed by atoms with Gasteiger partial charge < -0.3 is 5.73 Å². The van der Waals surface area contributed by atoms with Crippen LogP contribution in [0.3, 0.4) is 0 Å². The molecule has 0 radical (unpaired) electrons. The van der Waals surface area contributed by atoms with Crippen LogP contribution in [0.1, 0.15) is 48.4 Å². The second-order valence-corrected chi connectivity index (χ2v) is 9.85. The van der Waals surface area contributed by atoms with Gasteiger partial charge in [-0.2, -0.15) is 0 Å². The van der Waals surface area contributed by atoms with Crippen molar-refractivity contribution in [1.29, 1.82) is 0 Å². The van der Waals surface area contributed by atoms with Crippen molar-refractivity contribution in [2.24, 2.45) is 5.73 Å². The Morgan fingerprint density at radius 3 is 2.59 bits per heavy atom. The molecule has 27 heavy (non-hydrogen) atoms. The van der Waals surface area contributed by atoms with E-state index in [9.17, 15) is 17.2 Å². The summed E-state index contributed by atoms with van der Waals surface area (Å²) in [7, 11) is -3.93. The molecule has 0 bridgehead atoms. The number of alkyl halides is 2. The summed E-state index contributed by atoms with van der Waals surface area (Å²) in [5.74, 6) is -2.39.